The van der Waals surface area contributed by atoms with Crippen LogP contribution in [0.4, 0.5) is 0 Å². The van der Waals surface area contributed by atoms with Crippen molar-refractivity contribution in [2.45, 2.75) is 25.6 Å². The molecule has 0 heterocycles. The second kappa shape index (κ2) is 7.99. The summed E-state index contributed by atoms with van der Waals surface area (Å²) in [6.45, 7) is 2.74. The standard InChI is InChI=1S/C19H25NO3/c1-14(19(21)16-8-6-5-7-9-16)20(2)13-15-10-11-17(22-3)18(12-15)23-4/h5-12,14,19,21H,13H2,1-4H3/t14-,19-/m0/s1. The summed E-state index contributed by atoms with van der Waals surface area (Å²) in [4.78, 5) is 2.12. The molecule has 1 N–H and O–H groups in total. The van der Waals surface area contributed by atoms with E-state index in [2.05, 4.69) is 4.90 Å². The highest BCUT2D eigenvalue weighted by Crippen LogP contribution is 2.29. The number of nitrogens with zero attached hydrogens (tertiary/aromatic N) is 1. The van der Waals surface area contributed by atoms with Crippen molar-refractivity contribution in [1.82, 2.24) is 4.90 Å². The summed E-state index contributed by atoms with van der Waals surface area (Å²) >= 11 is 0. The number of hydrogen-bond acceptors (Lipinski definition) is 4. The van der Waals surface area contributed by atoms with Crippen molar-refractivity contribution in [2.24, 2.45) is 0 Å². The molecule has 0 aliphatic heterocycles. The number of methoxy groups -OCH3 is 2. The average molecular weight is 315 g/mol. The fourth-order valence-electron chi connectivity index (χ4n) is 2.58. The molecular formula is C19H25NO3. The van der Waals surface area contributed by atoms with Gasteiger partial charge in [-0.25, -0.2) is 0 Å². The van der Waals surface area contributed by atoms with Crippen LogP contribution in [0.2, 0.25) is 0 Å². The molecular weight excluding hydrogens is 290 g/mol. The van der Waals surface area contributed by atoms with E-state index in [1.165, 1.54) is 0 Å². The molecule has 0 aliphatic rings. The number of aliphatic hydroxyl groups is 1. The zero-order valence-electron chi connectivity index (χ0n) is 14.2. The quantitative estimate of drug-likeness (QED) is 0.851. The maximum Gasteiger partial charge on any atom is 0.161 e. The highest BCUT2D eigenvalue weighted by atomic mass is 16.5. The van der Waals surface area contributed by atoms with Gasteiger partial charge in [-0.05, 0) is 37.2 Å². The van der Waals surface area contributed by atoms with E-state index in [1.54, 1.807) is 14.2 Å². The van der Waals surface area contributed by atoms with Gasteiger partial charge in [-0.3, -0.25) is 4.90 Å². The van der Waals surface area contributed by atoms with E-state index in [0.29, 0.717) is 6.54 Å². The summed E-state index contributed by atoms with van der Waals surface area (Å²) in [7, 11) is 5.27. The summed E-state index contributed by atoms with van der Waals surface area (Å²) < 4.78 is 10.6. The third kappa shape index (κ3) is 4.24. The zero-order valence-corrected chi connectivity index (χ0v) is 14.2. The van der Waals surface area contributed by atoms with E-state index in [9.17, 15) is 5.11 Å². The van der Waals surface area contributed by atoms with Gasteiger partial charge in [0.15, 0.2) is 11.5 Å². The third-order valence-corrected chi connectivity index (χ3v) is 4.17. The molecule has 2 aromatic rings. The summed E-state index contributed by atoms with van der Waals surface area (Å²) in [5.41, 5.74) is 2.04. The lowest BCUT2D eigenvalue weighted by molar-refractivity contribution is 0.0688. The number of likely N-dealkylation sites (N-methyl/N-ethyl adjacent to an activating group) is 1. The van der Waals surface area contributed by atoms with E-state index in [1.807, 2.05) is 62.5 Å². The molecule has 0 saturated carbocycles. The lowest BCUT2D eigenvalue weighted by Gasteiger charge is -2.29. The number of rotatable bonds is 7. The van der Waals surface area contributed by atoms with E-state index in [0.717, 1.165) is 22.6 Å². The largest absolute Gasteiger partial charge is 0.493 e. The monoisotopic (exact) mass is 315 g/mol. The first-order valence-corrected chi connectivity index (χ1v) is 7.71. The van der Waals surface area contributed by atoms with Gasteiger partial charge in [0.2, 0.25) is 0 Å². The summed E-state index contributed by atoms with van der Waals surface area (Å²) in [6.07, 6.45) is -0.527. The molecule has 0 saturated heterocycles. The summed E-state index contributed by atoms with van der Waals surface area (Å²) in [5, 5.41) is 10.5. The van der Waals surface area contributed by atoms with E-state index >= 15 is 0 Å². The highest BCUT2D eigenvalue weighted by Gasteiger charge is 2.20. The van der Waals surface area contributed by atoms with Gasteiger partial charge < -0.3 is 14.6 Å². The molecule has 0 unspecified atom stereocenters. The number of hydrogen-bond donors (Lipinski definition) is 1. The summed E-state index contributed by atoms with van der Waals surface area (Å²) in [6, 6.07) is 15.6. The van der Waals surface area contributed by atoms with E-state index in [4.69, 9.17) is 9.47 Å². The fourth-order valence-corrected chi connectivity index (χ4v) is 2.58. The van der Waals surface area contributed by atoms with Crippen LogP contribution in [0.3, 0.4) is 0 Å². The second-order valence-corrected chi connectivity index (χ2v) is 5.70. The second-order valence-electron chi connectivity index (χ2n) is 5.70. The molecule has 0 fully saturated rings. The van der Waals surface area contributed by atoms with Gasteiger partial charge in [0, 0.05) is 12.6 Å². The van der Waals surface area contributed by atoms with Crippen molar-refractivity contribution >= 4 is 0 Å². The Bertz CT molecular complexity index is 615. The first kappa shape index (κ1) is 17.3. The SMILES string of the molecule is COc1ccc(CN(C)[C@@H](C)[C@H](O)c2ccccc2)cc1OC. The van der Waals surface area contributed by atoms with Crippen LogP contribution in [0.5, 0.6) is 11.5 Å². The molecule has 2 aromatic carbocycles. The van der Waals surface area contributed by atoms with Crippen LogP contribution in [0.1, 0.15) is 24.2 Å². The van der Waals surface area contributed by atoms with Crippen molar-refractivity contribution in [3.63, 3.8) is 0 Å². The lowest BCUT2D eigenvalue weighted by atomic mass is 10.0. The van der Waals surface area contributed by atoms with Gasteiger partial charge in [-0.15, -0.1) is 0 Å². The first-order valence-electron chi connectivity index (χ1n) is 7.71. The molecule has 0 aliphatic carbocycles. The molecule has 0 spiro atoms. The molecule has 4 heteroatoms. The van der Waals surface area contributed by atoms with Gasteiger partial charge in [0.05, 0.1) is 20.3 Å². The van der Waals surface area contributed by atoms with Gasteiger partial charge in [-0.2, -0.15) is 0 Å². The molecule has 124 valence electrons. The molecule has 23 heavy (non-hydrogen) atoms. The highest BCUT2D eigenvalue weighted by molar-refractivity contribution is 5.42. The Kier molecular flexibility index (Phi) is 6.02. The Morgan fingerprint density at radius 1 is 1.00 bits per heavy atom. The molecule has 2 rings (SSSR count). The third-order valence-electron chi connectivity index (χ3n) is 4.17. The number of ether oxygens (including phenoxy) is 2. The van der Waals surface area contributed by atoms with Crippen molar-refractivity contribution < 1.29 is 14.6 Å². The Balaban J connectivity index is 2.07. The Morgan fingerprint density at radius 2 is 1.65 bits per heavy atom. The first-order chi connectivity index (χ1) is 11.1. The topological polar surface area (TPSA) is 41.9 Å². The van der Waals surface area contributed by atoms with Crippen LogP contribution in [-0.4, -0.2) is 37.3 Å². The van der Waals surface area contributed by atoms with Crippen LogP contribution >= 0.6 is 0 Å². The normalized spacial score (nSPS) is 13.7. The maximum absolute atomic E-state index is 10.5. The van der Waals surface area contributed by atoms with Crippen molar-refractivity contribution in [3.8, 4) is 11.5 Å². The van der Waals surface area contributed by atoms with E-state index < -0.39 is 6.10 Å². The van der Waals surface area contributed by atoms with Crippen LogP contribution < -0.4 is 9.47 Å². The van der Waals surface area contributed by atoms with Gasteiger partial charge in [0.1, 0.15) is 0 Å². The fraction of sp³-hybridized carbons (Fsp3) is 0.368. The van der Waals surface area contributed by atoms with Crippen molar-refractivity contribution in [3.05, 3.63) is 59.7 Å². The molecule has 0 amide bonds. The van der Waals surface area contributed by atoms with Crippen LogP contribution in [0.15, 0.2) is 48.5 Å². The molecule has 4 nitrogen and oxygen atoms in total. The van der Waals surface area contributed by atoms with Crippen molar-refractivity contribution in [2.75, 3.05) is 21.3 Å². The molecule has 2 atom stereocenters. The lowest BCUT2D eigenvalue weighted by Crippen LogP contribution is -2.33. The molecule has 0 aromatic heterocycles. The Hall–Kier alpha value is -2.04. The smallest absolute Gasteiger partial charge is 0.161 e. The van der Waals surface area contributed by atoms with Gasteiger partial charge in [-0.1, -0.05) is 36.4 Å². The van der Waals surface area contributed by atoms with Crippen LogP contribution in [-0.2, 0) is 6.54 Å². The minimum absolute atomic E-state index is 0.00880. The number of benzene rings is 2. The Morgan fingerprint density at radius 3 is 2.26 bits per heavy atom. The van der Waals surface area contributed by atoms with Crippen LogP contribution in [0, 0.1) is 0 Å². The van der Waals surface area contributed by atoms with Crippen LogP contribution in [0.25, 0.3) is 0 Å². The minimum atomic E-state index is -0.527. The predicted molar refractivity (Wildman–Crippen MR) is 91.9 cm³/mol. The molecule has 0 bridgehead atoms. The van der Waals surface area contributed by atoms with Gasteiger partial charge in [0.25, 0.3) is 0 Å². The predicted octanol–water partition coefficient (Wildman–Crippen LogP) is 3.26. The minimum Gasteiger partial charge on any atom is -0.493 e. The average Bonchev–Trinajstić information content (AvgIpc) is 2.60. The zero-order chi connectivity index (χ0) is 16.8. The maximum atomic E-state index is 10.5. The number of aliphatic hydroxyl groups excluding tert-OH is 1. The summed E-state index contributed by atoms with van der Waals surface area (Å²) in [5.74, 6) is 1.44. The Labute approximate surface area is 138 Å². The van der Waals surface area contributed by atoms with Gasteiger partial charge >= 0.3 is 0 Å². The van der Waals surface area contributed by atoms with Crippen molar-refractivity contribution in [1.29, 1.82) is 0 Å². The van der Waals surface area contributed by atoms with E-state index in [-0.39, 0.29) is 6.04 Å². The molecule has 0 radical (unpaired) electrons.